The number of aliphatic hydroxyl groups is 1. The third-order valence-corrected chi connectivity index (χ3v) is 4.98. The van der Waals surface area contributed by atoms with Crippen molar-refractivity contribution < 1.29 is 9.84 Å². The zero-order valence-corrected chi connectivity index (χ0v) is 20.3. The fraction of sp³-hybridized carbons (Fsp3) is 0.524. The fourth-order valence-corrected chi connectivity index (χ4v) is 3.08. The summed E-state index contributed by atoms with van der Waals surface area (Å²) < 4.78 is 7.45. The first-order valence-corrected chi connectivity index (χ1v) is 10.6. The number of nitrogens with one attached hydrogen (secondary N) is 2. The van der Waals surface area contributed by atoms with Crippen LogP contribution in [0.5, 0.6) is 0 Å². The van der Waals surface area contributed by atoms with Gasteiger partial charge in [0.25, 0.3) is 0 Å². The van der Waals surface area contributed by atoms with Crippen LogP contribution in [0.2, 0.25) is 5.02 Å². The van der Waals surface area contributed by atoms with Crippen LogP contribution >= 0.6 is 35.6 Å². The first-order chi connectivity index (χ1) is 14.2. The summed E-state index contributed by atoms with van der Waals surface area (Å²) in [5, 5.41) is 21.8. The molecular weight excluding hydrogens is 517 g/mol. The summed E-state index contributed by atoms with van der Waals surface area (Å²) in [7, 11) is 0. The molecule has 0 saturated heterocycles. The fourth-order valence-electron chi connectivity index (χ4n) is 2.95. The summed E-state index contributed by atoms with van der Waals surface area (Å²) in [6, 6.07) is 9.65. The molecule has 166 valence electrons. The van der Waals surface area contributed by atoms with E-state index in [1.54, 1.807) is 6.20 Å². The van der Waals surface area contributed by atoms with Crippen LogP contribution < -0.4 is 10.6 Å². The number of hydrogen-bond donors (Lipinski definition) is 3. The first kappa shape index (κ1) is 24.9. The SMILES string of the molecule is CCNC(=NCC(O)COCC1CC1)NCC(c1ccc(Cl)cc1)n1cccn1.I. The minimum Gasteiger partial charge on any atom is -0.389 e. The van der Waals surface area contributed by atoms with E-state index < -0.39 is 6.10 Å². The Morgan fingerprint density at radius 3 is 2.73 bits per heavy atom. The molecule has 1 aromatic carbocycles. The molecule has 0 aliphatic heterocycles. The van der Waals surface area contributed by atoms with E-state index in [0.29, 0.717) is 30.1 Å². The number of aliphatic hydroxyl groups excluding tert-OH is 1. The molecule has 1 aliphatic carbocycles. The molecule has 2 aromatic rings. The van der Waals surface area contributed by atoms with Crippen molar-refractivity contribution in [2.24, 2.45) is 10.9 Å². The smallest absolute Gasteiger partial charge is 0.191 e. The standard InChI is InChI=1S/C21H30ClN5O2.HI/c1-2-23-21(24-12-19(28)15-29-14-16-4-5-16)25-13-20(27-11-3-10-26-27)17-6-8-18(22)9-7-17;/h3,6-11,16,19-20,28H,2,4-5,12-15H2,1H3,(H2,23,24,25);1H. The molecule has 9 heteroatoms. The number of aromatic nitrogens is 2. The highest BCUT2D eigenvalue weighted by molar-refractivity contribution is 14.0. The predicted octanol–water partition coefficient (Wildman–Crippen LogP) is 3.09. The Labute approximate surface area is 200 Å². The topological polar surface area (TPSA) is 83.7 Å². The lowest BCUT2D eigenvalue weighted by Gasteiger charge is -2.21. The van der Waals surface area contributed by atoms with Crippen LogP contribution in [0.1, 0.15) is 31.4 Å². The summed E-state index contributed by atoms with van der Waals surface area (Å²) in [6.07, 6.45) is 5.58. The van der Waals surface area contributed by atoms with Crippen molar-refractivity contribution in [1.29, 1.82) is 0 Å². The lowest BCUT2D eigenvalue weighted by atomic mass is 10.1. The summed E-state index contributed by atoms with van der Waals surface area (Å²) >= 11 is 6.04. The van der Waals surface area contributed by atoms with Crippen LogP contribution in [0.25, 0.3) is 0 Å². The van der Waals surface area contributed by atoms with Crippen LogP contribution in [0.4, 0.5) is 0 Å². The monoisotopic (exact) mass is 547 g/mol. The van der Waals surface area contributed by atoms with Crippen LogP contribution in [0.3, 0.4) is 0 Å². The van der Waals surface area contributed by atoms with Crippen molar-refractivity contribution >= 4 is 41.5 Å². The number of rotatable bonds is 11. The summed E-state index contributed by atoms with van der Waals surface area (Å²) in [5.74, 6) is 1.34. The minimum atomic E-state index is -0.609. The van der Waals surface area contributed by atoms with Crippen molar-refractivity contribution in [3.8, 4) is 0 Å². The molecule has 3 rings (SSSR count). The van der Waals surface area contributed by atoms with Gasteiger partial charge in [-0.2, -0.15) is 5.10 Å². The molecule has 2 unspecified atom stereocenters. The van der Waals surface area contributed by atoms with Crippen LogP contribution in [0, 0.1) is 5.92 Å². The van der Waals surface area contributed by atoms with E-state index in [9.17, 15) is 5.11 Å². The number of aliphatic imine (C=N–C) groups is 1. The molecule has 1 aromatic heterocycles. The highest BCUT2D eigenvalue weighted by Gasteiger charge is 2.21. The second-order valence-electron chi connectivity index (χ2n) is 7.29. The Kier molecular flexibility index (Phi) is 10.9. The Hall–Kier alpha value is -1.36. The van der Waals surface area contributed by atoms with Gasteiger partial charge in [0.05, 0.1) is 25.3 Å². The zero-order chi connectivity index (χ0) is 20.5. The average molecular weight is 548 g/mol. The molecule has 0 spiro atoms. The maximum Gasteiger partial charge on any atom is 0.191 e. The molecular formula is C21H31ClIN5O2. The molecule has 0 radical (unpaired) electrons. The van der Waals surface area contributed by atoms with Gasteiger partial charge in [0.2, 0.25) is 0 Å². The summed E-state index contributed by atoms with van der Waals surface area (Å²) in [5.41, 5.74) is 1.09. The molecule has 1 aliphatic rings. The van der Waals surface area contributed by atoms with Gasteiger partial charge in [0.15, 0.2) is 5.96 Å². The van der Waals surface area contributed by atoms with E-state index in [0.717, 1.165) is 18.7 Å². The molecule has 1 saturated carbocycles. The van der Waals surface area contributed by atoms with Gasteiger partial charge in [0.1, 0.15) is 0 Å². The van der Waals surface area contributed by atoms with Crippen molar-refractivity contribution in [1.82, 2.24) is 20.4 Å². The number of guanidine groups is 1. The number of nitrogens with zero attached hydrogens (tertiary/aromatic N) is 3. The Balaban J connectivity index is 0.00000320. The molecule has 2 atom stereocenters. The van der Waals surface area contributed by atoms with E-state index in [2.05, 4.69) is 20.7 Å². The maximum atomic E-state index is 10.1. The van der Waals surface area contributed by atoms with Gasteiger partial charge in [-0.3, -0.25) is 9.67 Å². The van der Waals surface area contributed by atoms with Crippen LogP contribution in [0.15, 0.2) is 47.7 Å². The molecule has 0 amide bonds. The van der Waals surface area contributed by atoms with E-state index >= 15 is 0 Å². The molecule has 1 fully saturated rings. The highest BCUT2D eigenvalue weighted by Crippen LogP contribution is 2.28. The van der Waals surface area contributed by atoms with Gasteiger partial charge in [-0.15, -0.1) is 24.0 Å². The Morgan fingerprint density at radius 1 is 1.33 bits per heavy atom. The lowest BCUT2D eigenvalue weighted by molar-refractivity contribution is 0.0368. The van der Waals surface area contributed by atoms with Crippen LogP contribution in [-0.4, -0.2) is 59.8 Å². The van der Waals surface area contributed by atoms with Gasteiger partial charge < -0.3 is 20.5 Å². The highest BCUT2D eigenvalue weighted by atomic mass is 127. The third kappa shape index (κ3) is 8.41. The third-order valence-electron chi connectivity index (χ3n) is 4.73. The first-order valence-electron chi connectivity index (χ1n) is 10.2. The Bertz CT molecular complexity index is 753. The Morgan fingerprint density at radius 2 is 2.10 bits per heavy atom. The molecule has 3 N–H and O–H groups in total. The zero-order valence-electron chi connectivity index (χ0n) is 17.2. The van der Waals surface area contributed by atoms with E-state index in [1.807, 2.05) is 48.1 Å². The minimum absolute atomic E-state index is 0. The summed E-state index contributed by atoms with van der Waals surface area (Å²) in [6.45, 7) is 4.67. The molecule has 7 nitrogen and oxygen atoms in total. The van der Waals surface area contributed by atoms with Crippen LogP contribution in [-0.2, 0) is 4.74 Å². The molecule has 1 heterocycles. The van der Waals surface area contributed by atoms with E-state index in [-0.39, 0.29) is 36.6 Å². The van der Waals surface area contributed by atoms with Gasteiger partial charge >= 0.3 is 0 Å². The largest absolute Gasteiger partial charge is 0.389 e. The van der Waals surface area contributed by atoms with Gasteiger partial charge in [-0.25, -0.2) is 0 Å². The van der Waals surface area contributed by atoms with Gasteiger partial charge in [-0.1, -0.05) is 23.7 Å². The maximum absolute atomic E-state index is 10.1. The average Bonchev–Trinajstić information content (AvgIpc) is 3.38. The van der Waals surface area contributed by atoms with E-state index in [4.69, 9.17) is 16.3 Å². The second kappa shape index (κ2) is 13.1. The normalized spacial score (nSPS) is 15.9. The number of hydrogen-bond acceptors (Lipinski definition) is 4. The van der Waals surface area contributed by atoms with Crippen molar-refractivity contribution in [3.05, 3.63) is 53.3 Å². The van der Waals surface area contributed by atoms with Gasteiger partial charge in [-0.05, 0) is 49.4 Å². The van der Waals surface area contributed by atoms with Crippen molar-refractivity contribution in [2.45, 2.75) is 31.9 Å². The molecule has 30 heavy (non-hydrogen) atoms. The van der Waals surface area contributed by atoms with Crippen molar-refractivity contribution in [3.63, 3.8) is 0 Å². The summed E-state index contributed by atoms with van der Waals surface area (Å²) in [4.78, 5) is 4.50. The van der Waals surface area contributed by atoms with E-state index in [1.165, 1.54) is 12.8 Å². The molecule has 0 bridgehead atoms. The quantitative estimate of drug-likeness (QED) is 0.229. The number of benzene rings is 1. The number of halogens is 2. The number of ether oxygens (including phenoxy) is 1. The van der Waals surface area contributed by atoms with Gasteiger partial charge in [0, 0.05) is 37.1 Å². The second-order valence-corrected chi connectivity index (χ2v) is 7.73. The lowest BCUT2D eigenvalue weighted by Crippen LogP contribution is -2.41. The van der Waals surface area contributed by atoms with Crippen molar-refractivity contribution in [2.75, 3.05) is 32.8 Å². The predicted molar refractivity (Wildman–Crippen MR) is 131 cm³/mol.